The molecule has 0 amide bonds. The predicted molar refractivity (Wildman–Crippen MR) is 76.1 cm³/mol. The van der Waals surface area contributed by atoms with E-state index in [4.69, 9.17) is 11.6 Å². The van der Waals surface area contributed by atoms with Crippen molar-refractivity contribution in [1.29, 1.82) is 0 Å². The van der Waals surface area contributed by atoms with E-state index in [1.807, 2.05) is 12.3 Å². The van der Waals surface area contributed by atoms with Crippen molar-refractivity contribution in [2.45, 2.75) is 6.92 Å². The molecule has 1 N–H and O–H groups in total. The lowest BCUT2D eigenvalue weighted by Gasteiger charge is -1.99. The second kappa shape index (κ2) is 5.93. The van der Waals surface area contributed by atoms with Crippen molar-refractivity contribution in [1.82, 2.24) is 4.98 Å². The number of hydrogen-bond acceptors (Lipinski definition) is 6. The Morgan fingerprint density at radius 3 is 2.95 bits per heavy atom. The number of rotatable bonds is 4. The minimum Gasteiger partial charge on any atom is -0.258 e. The number of nitrogens with zero attached hydrogens (tertiary/aromatic N) is 3. The molecule has 6 nitrogen and oxygen atoms in total. The molecule has 1 aromatic heterocycles. The van der Waals surface area contributed by atoms with Crippen LogP contribution >= 0.6 is 22.9 Å². The van der Waals surface area contributed by atoms with Crippen LogP contribution in [0.5, 0.6) is 0 Å². The van der Waals surface area contributed by atoms with Gasteiger partial charge in [0, 0.05) is 23.1 Å². The van der Waals surface area contributed by atoms with E-state index in [9.17, 15) is 14.5 Å². The number of benzene rings is 1. The molecule has 0 fully saturated rings. The molecule has 0 bridgehead atoms. The number of nitrogens with one attached hydrogen (secondary N) is 1. The molecule has 0 unspecified atom stereocenters. The van der Waals surface area contributed by atoms with Crippen LogP contribution in [0.3, 0.4) is 0 Å². The van der Waals surface area contributed by atoms with Crippen molar-refractivity contribution in [3.8, 4) is 0 Å². The molecule has 0 atom stereocenters. The van der Waals surface area contributed by atoms with Crippen molar-refractivity contribution < 1.29 is 9.31 Å². The summed E-state index contributed by atoms with van der Waals surface area (Å²) in [6, 6.07) is 1.91. The molecule has 0 aliphatic rings. The molecular weight excluding hydrogens is 307 g/mol. The van der Waals surface area contributed by atoms with Gasteiger partial charge in [0.2, 0.25) is 5.13 Å². The van der Waals surface area contributed by atoms with Crippen LogP contribution < -0.4 is 5.43 Å². The zero-order chi connectivity index (χ0) is 14.7. The van der Waals surface area contributed by atoms with E-state index in [1.54, 1.807) is 0 Å². The van der Waals surface area contributed by atoms with Crippen LogP contribution in [0.1, 0.15) is 11.3 Å². The molecule has 2 aromatic rings. The lowest BCUT2D eigenvalue weighted by molar-refractivity contribution is -0.384. The zero-order valence-corrected chi connectivity index (χ0v) is 11.7. The van der Waals surface area contributed by atoms with Crippen molar-refractivity contribution >= 4 is 40.0 Å². The maximum atomic E-state index is 13.6. The second-order valence-corrected chi connectivity index (χ2v) is 5.01. The molecule has 104 valence electrons. The summed E-state index contributed by atoms with van der Waals surface area (Å²) in [6.45, 7) is 1.83. The summed E-state index contributed by atoms with van der Waals surface area (Å²) in [5.74, 6) is -0.693. The Morgan fingerprint density at radius 2 is 2.35 bits per heavy atom. The summed E-state index contributed by atoms with van der Waals surface area (Å²) in [6.07, 6.45) is 1.13. The van der Waals surface area contributed by atoms with E-state index in [-0.39, 0.29) is 16.3 Å². The molecule has 0 aliphatic carbocycles. The standard InChI is InChI=1S/C11H8ClFN4O2S/c1-6-5-20-11(15-6)16-14-4-7-2-10(17(18)19)8(12)3-9(7)13/h2-5H,1H3,(H,15,16). The molecule has 20 heavy (non-hydrogen) atoms. The van der Waals surface area contributed by atoms with Gasteiger partial charge in [-0.1, -0.05) is 11.6 Å². The highest BCUT2D eigenvalue weighted by molar-refractivity contribution is 7.13. The van der Waals surface area contributed by atoms with Crippen LogP contribution in [0.25, 0.3) is 0 Å². The van der Waals surface area contributed by atoms with Gasteiger partial charge in [-0.15, -0.1) is 11.3 Å². The Balaban J connectivity index is 2.20. The van der Waals surface area contributed by atoms with Crippen LogP contribution in [0.4, 0.5) is 15.2 Å². The summed E-state index contributed by atoms with van der Waals surface area (Å²) >= 11 is 6.92. The Labute approximate surface area is 122 Å². The van der Waals surface area contributed by atoms with Gasteiger partial charge in [-0.3, -0.25) is 15.5 Å². The molecule has 0 radical (unpaired) electrons. The van der Waals surface area contributed by atoms with Gasteiger partial charge in [0.05, 0.1) is 16.8 Å². The fourth-order valence-electron chi connectivity index (χ4n) is 1.35. The van der Waals surface area contributed by atoms with E-state index in [1.165, 1.54) is 11.3 Å². The highest BCUT2D eigenvalue weighted by atomic mass is 35.5. The molecule has 0 saturated heterocycles. The first-order valence-electron chi connectivity index (χ1n) is 5.32. The van der Waals surface area contributed by atoms with Crippen molar-refractivity contribution in [2.75, 3.05) is 5.43 Å². The predicted octanol–water partition coefficient (Wildman–Crippen LogP) is 3.60. The minimum atomic E-state index is -0.693. The fraction of sp³-hybridized carbons (Fsp3) is 0.0909. The van der Waals surface area contributed by atoms with E-state index < -0.39 is 10.7 Å². The number of aromatic nitrogens is 1. The Bertz CT molecular complexity index is 689. The van der Waals surface area contributed by atoms with Crippen molar-refractivity contribution in [2.24, 2.45) is 5.10 Å². The summed E-state index contributed by atoms with van der Waals surface area (Å²) in [4.78, 5) is 14.1. The minimum absolute atomic E-state index is 0.0399. The third kappa shape index (κ3) is 3.28. The first-order valence-corrected chi connectivity index (χ1v) is 6.58. The lowest BCUT2D eigenvalue weighted by Crippen LogP contribution is -1.97. The van der Waals surface area contributed by atoms with Gasteiger partial charge in [-0.2, -0.15) is 5.10 Å². The molecule has 0 saturated carbocycles. The molecule has 1 aromatic carbocycles. The summed E-state index contributed by atoms with van der Waals surface area (Å²) in [7, 11) is 0. The van der Waals surface area contributed by atoms with Crippen LogP contribution in [0, 0.1) is 22.9 Å². The first kappa shape index (κ1) is 14.4. The Kier molecular flexibility index (Phi) is 4.26. The summed E-state index contributed by atoms with van der Waals surface area (Å²) in [5.41, 5.74) is 3.03. The zero-order valence-electron chi connectivity index (χ0n) is 10.1. The summed E-state index contributed by atoms with van der Waals surface area (Å²) in [5, 5.41) is 16.6. The maximum Gasteiger partial charge on any atom is 0.288 e. The highest BCUT2D eigenvalue weighted by Gasteiger charge is 2.16. The average Bonchev–Trinajstić information content (AvgIpc) is 2.77. The number of hydrazone groups is 1. The van der Waals surface area contributed by atoms with Gasteiger partial charge in [-0.05, 0) is 6.92 Å². The number of nitro benzene ring substituents is 1. The van der Waals surface area contributed by atoms with Crippen LogP contribution in [0.15, 0.2) is 22.6 Å². The molecule has 2 rings (SSSR count). The largest absolute Gasteiger partial charge is 0.288 e. The number of aryl methyl sites for hydroxylation is 1. The normalized spacial score (nSPS) is 10.9. The molecule has 0 spiro atoms. The highest BCUT2D eigenvalue weighted by Crippen LogP contribution is 2.26. The topological polar surface area (TPSA) is 80.4 Å². The fourth-order valence-corrected chi connectivity index (χ4v) is 2.21. The number of thiazole rings is 1. The van der Waals surface area contributed by atoms with Gasteiger partial charge in [0.15, 0.2) is 0 Å². The molecule has 0 aliphatic heterocycles. The van der Waals surface area contributed by atoms with Crippen LogP contribution in [-0.2, 0) is 0 Å². The van der Waals surface area contributed by atoms with E-state index in [0.29, 0.717) is 5.13 Å². The van der Waals surface area contributed by atoms with Crippen molar-refractivity contribution in [3.63, 3.8) is 0 Å². The molecule has 9 heteroatoms. The number of nitro groups is 1. The average molecular weight is 315 g/mol. The number of hydrogen-bond donors (Lipinski definition) is 1. The van der Waals surface area contributed by atoms with Crippen LogP contribution in [0.2, 0.25) is 5.02 Å². The quantitative estimate of drug-likeness (QED) is 0.531. The van der Waals surface area contributed by atoms with E-state index in [0.717, 1.165) is 24.0 Å². The van der Waals surface area contributed by atoms with Gasteiger partial charge in [0.1, 0.15) is 10.8 Å². The van der Waals surface area contributed by atoms with E-state index in [2.05, 4.69) is 15.5 Å². The van der Waals surface area contributed by atoms with Gasteiger partial charge in [-0.25, -0.2) is 9.37 Å². The monoisotopic (exact) mass is 314 g/mol. The van der Waals surface area contributed by atoms with Crippen molar-refractivity contribution in [3.05, 3.63) is 49.7 Å². The smallest absolute Gasteiger partial charge is 0.258 e. The Morgan fingerprint density at radius 1 is 1.60 bits per heavy atom. The first-order chi connectivity index (χ1) is 9.47. The third-order valence-electron chi connectivity index (χ3n) is 2.25. The maximum absolute atomic E-state index is 13.6. The van der Waals surface area contributed by atoms with Crippen LogP contribution in [-0.4, -0.2) is 16.1 Å². The Hall–Kier alpha value is -2.06. The van der Waals surface area contributed by atoms with E-state index >= 15 is 0 Å². The lowest BCUT2D eigenvalue weighted by atomic mass is 10.2. The third-order valence-corrected chi connectivity index (χ3v) is 3.41. The summed E-state index contributed by atoms with van der Waals surface area (Å²) < 4.78 is 13.6. The van der Waals surface area contributed by atoms with Gasteiger partial charge < -0.3 is 0 Å². The number of halogens is 2. The number of anilines is 1. The second-order valence-electron chi connectivity index (χ2n) is 3.75. The molecular formula is C11H8ClFN4O2S. The van der Waals surface area contributed by atoms with Gasteiger partial charge >= 0.3 is 0 Å². The van der Waals surface area contributed by atoms with Gasteiger partial charge in [0.25, 0.3) is 5.69 Å². The SMILES string of the molecule is Cc1csc(NN=Cc2cc([N+](=O)[O-])c(Cl)cc2F)n1. The molecule has 1 heterocycles.